The van der Waals surface area contributed by atoms with Crippen LogP contribution in [0.1, 0.15) is 30.9 Å². The molecule has 1 aliphatic rings. The van der Waals surface area contributed by atoms with Crippen LogP contribution in [0.3, 0.4) is 0 Å². The molecule has 16 heavy (non-hydrogen) atoms. The summed E-state index contributed by atoms with van der Waals surface area (Å²) in [6.07, 6.45) is 0. The molecule has 0 radical (unpaired) electrons. The zero-order valence-electron chi connectivity index (χ0n) is 9.69. The number of anilines is 1. The van der Waals surface area contributed by atoms with E-state index in [-0.39, 0.29) is 0 Å². The molecule has 0 unspecified atom stereocenters. The van der Waals surface area contributed by atoms with Crippen LogP contribution in [0, 0.1) is 5.92 Å². The van der Waals surface area contributed by atoms with E-state index >= 15 is 0 Å². The van der Waals surface area contributed by atoms with Crippen LogP contribution >= 0.6 is 23.5 Å². The predicted octanol–water partition coefficient (Wildman–Crippen LogP) is 2.69. The molecular formula is C11H17N3S2. The summed E-state index contributed by atoms with van der Waals surface area (Å²) in [5.41, 5.74) is 8.24. The molecule has 0 saturated carbocycles. The van der Waals surface area contributed by atoms with Crippen molar-refractivity contribution < 1.29 is 0 Å². The smallest absolute Gasteiger partial charge is 0.140 e. The van der Waals surface area contributed by atoms with Gasteiger partial charge in [-0.1, -0.05) is 13.8 Å². The molecule has 0 amide bonds. The molecule has 2 N–H and O–H groups in total. The molecule has 3 nitrogen and oxygen atoms in total. The zero-order chi connectivity index (χ0) is 11.5. The van der Waals surface area contributed by atoms with Crippen LogP contribution in [0.15, 0.2) is 0 Å². The molecule has 1 aliphatic heterocycles. The standard InChI is InChI=1S/C11H17N3S2/c1-7(2)3-15-6-10-13-9-5-16-4-8(9)11(12)14-10/h7H,3-6H2,1-2H3,(H2,12,13,14). The Morgan fingerprint density at radius 2 is 2.19 bits per heavy atom. The Balaban J connectivity index is 2.03. The average molecular weight is 255 g/mol. The van der Waals surface area contributed by atoms with Crippen LogP contribution in [0.25, 0.3) is 0 Å². The zero-order valence-corrected chi connectivity index (χ0v) is 11.3. The third-order valence-electron chi connectivity index (χ3n) is 2.34. The first-order valence-electron chi connectivity index (χ1n) is 5.46. The first kappa shape index (κ1) is 12.0. The summed E-state index contributed by atoms with van der Waals surface area (Å²) in [4.78, 5) is 8.95. The highest BCUT2D eigenvalue weighted by atomic mass is 32.2. The lowest BCUT2D eigenvalue weighted by Gasteiger charge is -2.07. The Labute approximate surface area is 105 Å². The van der Waals surface area contributed by atoms with E-state index in [1.54, 1.807) is 0 Å². The molecule has 2 rings (SSSR count). The quantitative estimate of drug-likeness (QED) is 0.896. The number of rotatable bonds is 4. The molecule has 1 aromatic rings. The number of fused-ring (bicyclic) bond motifs is 1. The Hall–Kier alpha value is -0.420. The first-order valence-corrected chi connectivity index (χ1v) is 7.77. The number of hydrogen-bond donors (Lipinski definition) is 1. The average Bonchev–Trinajstić information content (AvgIpc) is 2.65. The van der Waals surface area contributed by atoms with Gasteiger partial charge < -0.3 is 5.73 Å². The van der Waals surface area contributed by atoms with Gasteiger partial charge in [0.2, 0.25) is 0 Å². The Morgan fingerprint density at radius 3 is 2.94 bits per heavy atom. The van der Waals surface area contributed by atoms with Crippen molar-refractivity contribution in [1.82, 2.24) is 9.97 Å². The van der Waals surface area contributed by atoms with Crippen LogP contribution < -0.4 is 5.73 Å². The molecule has 0 fully saturated rings. The van der Waals surface area contributed by atoms with Gasteiger partial charge in [-0.25, -0.2) is 9.97 Å². The predicted molar refractivity (Wildman–Crippen MR) is 72.4 cm³/mol. The van der Waals surface area contributed by atoms with Crippen molar-refractivity contribution in [3.8, 4) is 0 Å². The van der Waals surface area contributed by atoms with E-state index in [1.165, 1.54) is 0 Å². The second kappa shape index (κ2) is 5.27. The van der Waals surface area contributed by atoms with E-state index in [4.69, 9.17) is 5.73 Å². The van der Waals surface area contributed by atoms with E-state index in [2.05, 4.69) is 23.8 Å². The number of nitrogens with zero attached hydrogens (tertiary/aromatic N) is 2. The fraction of sp³-hybridized carbons (Fsp3) is 0.636. The van der Waals surface area contributed by atoms with E-state index in [0.29, 0.717) is 11.7 Å². The van der Waals surface area contributed by atoms with Crippen molar-refractivity contribution in [1.29, 1.82) is 0 Å². The fourth-order valence-corrected chi connectivity index (χ4v) is 3.53. The molecule has 0 atom stereocenters. The Kier molecular flexibility index (Phi) is 3.97. The molecule has 0 aliphatic carbocycles. The first-order chi connectivity index (χ1) is 7.66. The molecular weight excluding hydrogens is 238 g/mol. The molecule has 88 valence electrons. The highest BCUT2D eigenvalue weighted by Gasteiger charge is 2.17. The van der Waals surface area contributed by atoms with Gasteiger partial charge in [0.05, 0.1) is 11.4 Å². The van der Waals surface area contributed by atoms with Gasteiger partial charge >= 0.3 is 0 Å². The maximum Gasteiger partial charge on any atom is 0.140 e. The maximum absolute atomic E-state index is 5.93. The van der Waals surface area contributed by atoms with Crippen LogP contribution in [-0.2, 0) is 17.3 Å². The third kappa shape index (κ3) is 2.83. The van der Waals surface area contributed by atoms with Gasteiger partial charge in [-0.2, -0.15) is 23.5 Å². The summed E-state index contributed by atoms with van der Waals surface area (Å²) < 4.78 is 0. The normalized spacial score (nSPS) is 14.4. The van der Waals surface area contributed by atoms with Gasteiger partial charge in [0, 0.05) is 17.1 Å². The van der Waals surface area contributed by atoms with Crippen LogP contribution in [0.2, 0.25) is 0 Å². The number of nitrogen functional groups attached to an aromatic ring is 1. The monoisotopic (exact) mass is 255 g/mol. The SMILES string of the molecule is CC(C)CSCc1nc(N)c2c(n1)CSC2. The third-order valence-corrected chi connectivity index (χ3v) is 4.67. The minimum Gasteiger partial charge on any atom is -0.383 e. The van der Waals surface area contributed by atoms with Gasteiger partial charge in [0.25, 0.3) is 0 Å². The lowest BCUT2D eigenvalue weighted by Crippen LogP contribution is -2.05. The molecule has 2 heterocycles. The summed E-state index contributed by atoms with van der Waals surface area (Å²) in [7, 11) is 0. The minimum atomic E-state index is 0.690. The minimum absolute atomic E-state index is 0.690. The van der Waals surface area contributed by atoms with Gasteiger partial charge in [0.15, 0.2) is 0 Å². The molecule has 1 aromatic heterocycles. The lowest BCUT2D eigenvalue weighted by atomic mass is 10.2. The number of hydrogen-bond acceptors (Lipinski definition) is 5. The van der Waals surface area contributed by atoms with Gasteiger partial charge in [-0.3, -0.25) is 0 Å². The van der Waals surface area contributed by atoms with Crippen molar-refractivity contribution in [2.45, 2.75) is 31.1 Å². The van der Waals surface area contributed by atoms with Crippen molar-refractivity contribution in [3.05, 3.63) is 17.1 Å². The molecule has 0 aromatic carbocycles. The molecule has 5 heteroatoms. The van der Waals surface area contributed by atoms with Crippen molar-refractivity contribution >= 4 is 29.3 Å². The number of aromatic nitrogens is 2. The van der Waals surface area contributed by atoms with Crippen LogP contribution in [0.4, 0.5) is 5.82 Å². The highest BCUT2D eigenvalue weighted by molar-refractivity contribution is 7.98. The van der Waals surface area contributed by atoms with Crippen molar-refractivity contribution in [2.75, 3.05) is 11.5 Å². The lowest BCUT2D eigenvalue weighted by molar-refractivity contribution is 0.749. The molecule has 0 saturated heterocycles. The maximum atomic E-state index is 5.93. The van der Waals surface area contributed by atoms with Gasteiger partial charge in [0.1, 0.15) is 11.6 Å². The van der Waals surface area contributed by atoms with Crippen molar-refractivity contribution in [3.63, 3.8) is 0 Å². The second-order valence-electron chi connectivity index (χ2n) is 4.35. The number of thioether (sulfide) groups is 2. The summed E-state index contributed by atoms with van der Waals surface area (Å²) in [6, 6.07) is 0. The Bertz CT molecular complexity index is 380. The van der Waals surface area contributed by atoms with Crippen molar-refractivity contribution in [2.24, 2.45) is 5.92 Å². The highest BCUT2D eigenvalue weighted by Crippen LogP contribution is 2.31. The summed E-state index contributed by atoms with van der Waals surface area (Å²) in [5.74, 6) is 6.28. The topological polar surface area (TPSA) is 51.8 Å². The summed E-state index contributed by atoms with van der Waals surface area (Å²) in [5, 5.41) is 0. The van der Waals surface area contributed by atoms with E-state index in [9.17, 15) is 0 Å². The van der Waals surface area contributed by atoms with E-state index in [0.717, 1.165) is 40.1 Å². The largest absolute Gasteiger partial charge is 0.383 e. The molecule has 0 spiro atoms. The Morgan fingerprint density at radius 1 is 1.38 bits per heavy atom. The van der Waals surface area contributed by atoms with Gasteiger partial charge in [-0.05, 0) is 11.7 Å². The van der Waals surface area contributed by atoms with Gasteiger partial charge in [-0.15, -0.1) is 0 Å². The fourth-order valence-electron chi connectivity index (χ4n) is 1.58. The second-order valence-corrected chi connectivity index (χ2v) is 6.37. The number of nitrogens with two attached hydrogens (primary N) is 1. The summed E-state index contributed by atoms with van der Waals surface area (Å²) >= 11 is 3.75. The van der Waals surface area contributed by atoms with E-state index < -0.39 is 0 Å². The van der Waals surface area contributed by atoms with Crippen LogP contribution in [-0.4, -0.2) is 15.7 Å². The van der Waals surface area contributed by atoms with Crippen LogP contribution in [0.5, 0.6) is 0 Å². The molecule has 0 bridgehead atoms. The van der Waals surface area contributed by atoms with E-state index in [1.807, 2.05) is 23.5 Å². The summed E-state index contributed by atoms with van der Waals surface area (Å²) in [6.45, 7) is 4.45.